The van der Waals surface area contributed by atoms with Crippen molar-refractivity contribution >= 4 is 22.6 Å². The summed E-state index contributed by atoms with van der Waals surface area (Å²) in [6.45, 7) is 25.2. The lowest BCUT2D eigenvalue weighted by Crippen LogP contribution is -2.49. The molecule has 6 heteroatoms. The van der Waals surface area contributed by atoms with E-state index in [2.05, 4.69) is 79.9 Å². The quantitative estimate of drug-likeness (QED) is 0.271. The summed E-state index contributed by atoms with van der Waals surface area (Å²) in [4.78, 5) is 12.6. The summed E-state index contributed by atoms with van der Waals surface area (Å²) >= 11 is 0. The van der Waals surface area contributed by atoms with E-state index in [1.54, 1.807) is 0 Å². The average molecular weight is 467 g/mol. The summed E-state index contributed by atoms with van der Waals surface area (Å²) in [5, 5.41) is 0.172. The first-order valence-electron chi connectivity index (χ1n) is 11.5. The molecular weight excluding hydrogens is 420 g/mol. The molecule has 1 aromatic rings. The number of benzene rings is 1. The number of hydrogen-bond donors (Lipinski definition) is 0. The molecule has 0 aliphatic carbocycles. The van der Waals surface area contributed by atoms with E-state index in [4.69, 9.17) is 13.6 Å². The van der Waals surface area contributed by atoms with E-state index in [0.717, 1.165) is 5.56 Å². The molecule has 1 rings (SSSR count). The standard InChI is InChI=1S/C25H46O4Si2/c1-12-27-23(26)18-21(20-16-14-13-15-17-20)22(29-31(10,11)25(5,6)7)19-28-30(8,9)24(2,3)4/h13-17,21-22H,12,18-19H2,1-11H3/t21?,22-/m1/s1. The van der Waals surface area contributed by atoms with Crippen LogP contribution in [0.5, 0.6) is 0 Å². The van der Waals surface area contributed by atoms with Crippen LogP contribution in [0.2, 0.25) is 36.3 Å². The highest BCUT2D eigenvalue weighted by Gasteiger charge is 2.43. The van der Waals surface area contributed by atoms with Crippen molar-refractivity contribution in [2.24, 2.45) is 0 Å². The summed E-state index contributed by atoms with van der Waals surface area (Å²) in [5.41, 5.74) is 1.10. The first kappa shape index (κ1) is 28.1. The molecule has 1 unspecified atom stereocenters. The smallest absolute Gasteiger partial charge is 0.306 e. The number of ether oxygens (including phenoxy) is 1. The van der Waals surface area contributed by atoms with Crippen LogP contribution in [-0.4, -0.2) is 41.9 Å². The molecule has 31 heavy (non-hydrogen) atoms. The van der Waals surface area contributed by atoms with Crippen LogP contribution in [0.3, 0.4) is 0 Å². The van der Waals surface area contributed by atoms with E-state index in [9.17, 15) is 4.79 Å². The molecule has 1 aromatic carbocycles. The van der Waals surface area contributed by atoms with Gasteiger partial charge in [-0.2, -0.15) is 0 Å². The minimum Gasteiger partial charge on any atom is -0.466 e. The molecule has 0 bridgehead atoms. The SMILES string of the molecule is CCOC(=O)CC(c1ccccc1)[C@@H](CO[Si](C)(C)C(C)(C)C)O[Si](C)(C)C(C)(C)C. The van der Waals surface area contributed by atoms with Gasteiger partial charge in [-0.25, -0.2) is 0 Å². The topological polar surface area (TPSA) is 44.8 Å². The lowest BCUT2D eigenvalue weighted by atomic mass is 9.90. The predicted molar refractivity (Wildman–Crippen MR) is 136 cm³/mol. The van der Waals surface area contributed by atoms with E-state index in [0.29, 0.717) is 13.2 Å². The third-order valence-electron chi connectivity index (χ3n) is 7.04. The van der Waals surface area contributed by atoms with Gasteiger partial charge in [-0.15, -0.1) is 0 Å². The van der Waals surface area contributed by atoms with E-state index in [1.807, 2.05) is 25.1 Å². The van der Waals surface area contributed by atoms with Gasteiger partial charge in [0.05, 0.1) is 25.7 Å². The summed E-state index contributed by atoms with van der Waals surface area (Å²) < 4.78 is 18.9. The van der Waals surface area contributed by atoms with Gasteiger partial charge in [-0.3, -0.25) is 4.79 Å². The first-order valence-corrected chi connectivity index (χ1v) is 17.4. The van der Waals surface area contributed by atoms with Crippen LogP contribution in [0, 0.1) is 0 Å². The van der Waals surface area contributed by atoms with E-state index >= 15 is 0 Å². The predicted octanol–water partition coefficient (Wildman–Crippen LogP) is 7.14. The third kappa shape index (κ3) is 8.15. The van der Waals surface area contributed by atoms with Crippen LogP contribution in [0.25, 0.3) is 0 Å². The zero-order valence-electron chi connectivity index (χ0n) is 21.8. The Morgan fingerprint density at radius 1 is 0.903 bits per heavy atom. The zero-order chi connectivity index (χ0) is 24.1. The van der Waals surface area contributed by atoms with Gasteiger partial charge in [0.25, 0.3) is 0 Å². The summed E-state index contributed by atoms with van der Waals surface area (Å²) in [7, 11) is -4.06. The molecule has 4 nitrogen and oxygen atoms in total. The van der Waals surface area contributed by atoms with Crippen LogP contribution >= 0.6 is 0 Å². The van der Waals surface area contributed by atoms with Crippen molar-refractivity contribution in [3.63, 3.8) is 0 Å². The maximum Gasteiger partial charge on any atom is 0.306 e. The zero-order valence-corrected chi connectivity index (χ0v) is 23.8. The van der Waals surface area contributed by atoms with E-state index < -0.39 is 16.6 Å². The monoisotopic (exact) mass is 466 g/mol. The first-order chi connectivity index (χ1) is 14.0. The van der Waals surface area contributed by atoms with Crippen molar-refractivity contribution in [2.45, 2.75) is 103 Å². The lowest BCUT2D eigenvalue weighted by Gasteiger charge is -2.43. The molecule has 0 aromatic heterocycles. The van der Waals surface area contributed by atoms with Gasteiger partial charge in [0, 0.05) is 5.92 Å². The van der Waals surface area contributed by atoms with Crippen molar-refractivity contribution in [2.75, 3.05) is 13.2 Å². The maximum absolute atomic E-state index is 12.6. The second kappa shape index (κ2) is 10.8. The highest BCUT2D eigenvalue weighted by Crippen LogP contribution is 2.41. The van der Waals surface area contributed by atoms with Gasteiger partial charge >= 0.3 is 5.97 Å². The molecule has 0 heterocycles. The van der Waals surface area contributed by atoms with Crippen molar-refractivity contribution in [3.05, 3.63) is 35.9 Å². The van der Waals surface area contributed by atoms with Crippen LogP contribution in [0.15, 0.2) is 30.3 Å². The second-order valence-corrected chi connectivity index (χ2v) is 21.1. The molecule has 0 aliphatic rings. The molecule has 0 aliphatic heterocycles. The minimum atomic E-state index is -2.09. The van der Waals surface area contributed by atoms with Crippen molar-refractivity contribution in [1.82, 2.24) is 0 Å². The fraction of sp³-hybridized carbons (Fsp3) is 0.720. The fourth-order valence-electron chi connectivity index (χ4n) is 2.86. The molecule has 0 saturated heterocycles. The molecule has 0 amide bonds. The Bertz CT molecular complexity index is 688. The van der Waals surface area contributed by atoms with Crippen molar-refractivity contribution < 1.29 is 18.4 Å². The van der Waals surface area contributed by atoms with Gasteiger partial charge in [-0.1, -0.05) is 71.9 Å². The highest BCUT2D eigenvalue weighted by molar-refractivity contribution is 6.74. The lowest BCUT2D eigenvalue weighted by molar-refractivity contribution is -0.144. The molecule has 178 valence electrons. The molecule has 0 radical (unpaired) electrons. The Labute approximate surface area is 193 Å². The Morgan fingerprint density at radius 2 is 1.42 bits per heavy atom. The molecule has 2 atom stereocenters. The summed E-state index contributed by atoms with van der Waals surface area (Å²) in [6, 6.07) is 10.2. The highest BCUT2D eigenvalue weighted by atomic mass is 28.4. The van der Waals surface area contributed by atoms with E-state index in [1.165, 1.54) is 0 Å². The Balaban J connectivity index is 3.35. The number of rotatable bonds is 10. The van der Waals surface area contributed by atoms with Gasteiger partial charge in [0.1, 0.15) is 0 Å². The fourth-order valence-corrected chi connectivity index (χ4v) is 5.21. The minimum absolute atomic E-state index is 0.0629. The average Bonchev–Trinajstić information content (AvgIpc) is 2.62. The second-order valence-electron chi connectivity index (χ2n) is 11.5. The van der Waals surface area contributed by atoms with Crippen LogP contribution < -0.4 is 0 Å². The van der Waals surface area contributed by atoms with Crippen molar-refractivity contribution in [1.29, 1.82) is 0 Å². The number of carbonyl (C=O) groups excluding carboxylic acids is 1. The largest absolute Gasteiger partial charge is 0.466 e. The third-order valence-corrected chi connectivity index (χ3v) is 16.0. The molecule has 0 N–H and O–H groups in total. The Hall–Kier alpha value is -0.956. The Morgan fingerprint density at radius 3 is 1.87 bits per heavy atom. The number of esters is 1. The Kier molecular flexibility index (Phi) is 9.76. The van der Waals surface area contributed by atoms with Crippen LogP contribution in [-0.2, 0) is 18.4 Å². The molecule has 0 fully saturated rings. The van der Waals surface area contributed by atoms with Crippen LogP contribution in [0.4, 0.5) is 0 Å². The summed E-state index contributed by atoms with van der Waals surface area (Å²) in [5.74, 6) is -0.299. The van der Waals surface area contributed by atoms with Gasteiger partial charge in [0.15, 0.2) is 16.6 Å². The molecular formula is C25H46O4Si2. The number of hydrogen-bond acceptors (Lipinski definition) is 4. The summed E-state index contributed by atoms with van der Waals surface area (Å²) in [6.07, 6.45) is 0.0830. The number of carbonyl (C=O) groups is 1. The molecule has 0 spiro atoms. The van der Waals surface area contributed by atoms with Gasteiger partial charge < -0.3 is 13.6 Å². The van der Waals surface area contributed by atoms with Gasteiger partial charge in [-0.05, 0) is 48.8 Å². The van der Waals surface area contributed by atoms with E-state index in [-0.39, 0.29) is 34.5 Å². The maximum atomic E-state index is 12.6. The molecule has 0 saturated carbocycles. The van der Waals surface area contributed by atoms with Crippen LogP contribution in [0.1, 0.15) is 66.4 Å². The van der Waals surface area contributed by atoms with Crippen molar-refractivity contribution in [3.8, 4) is 0 Å². The van der Waals surface area contributed by atoms with Gasteiger partial charge in [0.2, 0.25) is 0 Å². The normalized spacial score (nSPS) is 15.5.